The van der Waals surface area contributed by atoms with Crippen molar-refractivity contribution in [2.24, 2.45) is 5.92 Å². The highest BCUT2D eigenvalue weighted by Crippen LogP contribution is 2.36. The lowest BCUT2D eigenvalue weighted by Crippen LogP contribution is -2.53. The number of pyridine rings is 1. The number of anilines is 1. The standard InChI is InChI=1S/C20H26F5N5O/c1-13-15(11-27-16(13)18(31)30-6-4-19(21,22)12-30)28-7-9-29(10-8-28)17-14(20(23,24)25)3-2-5-26-17/h2-3,5,13,15-16,27H,4,6-12H2,1H3/t13?,15-,16+/m1/s1. The summed E-state index contributed by atoms with van der Waals surface area (Å²) in [4.78, 5) is 21.7. The van der Waals surface area contributed by atoms with Gasteiger partial charge in [0.25, 0.3) is 5.92 Å². The Morgan fingerprint density at radius 2 is 1.90 bits per heavy atom. The number of carbonyl (C=O) groups excluding carboxylic acids is 1. The summed E-state index contributed by atoms with van der Waals surface area (Å²) in [6.07, 6.45) is -3.42. The average molecular weight is 447 g/mol. The molecule has 0 bridgehead atoms. The molecule has 4 rings (SSSR count). The lowest BCUT2D eigenvalue weighted by atomic mass is 9.96. The molecule has 172 valence electrons. The highest BCUT2D eigenvalue weighted by atomic mass is 19.4. The number of halogens is 5. The summed E-state index contributed by atoms with van der Waals surface area (Å²) >= 11 is 0. The number of carbonyl (C=O) groups is 1. The first kappa shape index (κ1) is 22.2. The van der Waals surface area contributed by atoms with Gasteiger partial charge in [0.2, 0.25) is 5.91 Å². The van der Waals surface area contributed by atoms with E-state index in [-0.39, 0.29) is 36.7 Å². The van der Waals surface area contributed by atoms with Crippen molar-refractivity contribution in [3.63, 3.8) is 0 Å². The molecule has 1 N–H and O–H groups in total. The molecule has 11 heteroatoms. The molecule has 1 aromatic heterocycles. The zero-order chi connectivity index (χ0) is 22.4. The number of piperazine rings is 1. The van der Waals surface area contributed by atoms with E-state index in [0.29, 0.717) is 32.7 Å². The quantitative estimate of drug-likeness (QED) is 0.720. The Bertz CT molecular complexity index is 811. The van der Waals surface area contributed by atoms with E-state index in [4.69, 9.17) is 0 Å². The van der Waals surface area contributed by atoms with Crippen molar-refractivity contribution in [2.45, 2.75) is 37.5 Å². The van der Waals surface area contributed by atoms with E-state index < -0.39 is 30.2 Å². The third kappa shape index (κ3) is 4.48. The van der Waals surface area contributed by atoms with Crippen LogP contribution in [0.3, 0.4) is 0 Å². The Morgan fingerprint density at radius 3 is 2.52 bits per heavy atom. The highest BCUT2D eigenvalue weighted by Gasteiger charge is 2.47. The molecule has 0 saturated carbocycles. The second kappa shape index (κ2) is 8.16. The lowest BCUT2D eigenvalue weighted by molar-refractivity contribution is -0.137. The molecular weight excluding hydrogens is 421 g/mol. The first-order valence-corrected chi connectivity index (χ1v) is 10.5. The van der Waals surface area contributed by atoms with Crippen molar-refractivity contribution < 1.29 is 26.7 Å². The monoisotopic (exact) mass is 447 g/mol. The van der Waals surface area contributed by atoms with Gasteiger partial charge in [-0.15, -0.1) is 0 Å². The minimum atomic E-state index is -4.47. The summed E-state index contributed by atoms with van der Waals surface area (Å²) in [6.45, 7) is 3.84. The maximum Gasteiger partial charge on any atom is 0.419 e. The average Bonchev–Trinajstić information content (AvgIpc) is 3.29. The van der Waals surface area contributed by atoms with Crippen molar-refractivity contribution in [1.29, 1.82) is 0 Å². The van der Waals surface area contributed by atoms with Crippen molar-refractivity contribution >= 4 is 11.7 Å². The number of hydrogen-bond acceptors (Lipinski definition) is 5. The SMILES string of the molecule is CC1[C@@H](C(=O)N2CCC(F)(F)C2)NC[C@H]1N1CCN(c2ncccc2C(F)(F)F)CC1. The van der Waals surface area contributed by atoms with Gasteiger partial charge in [-0.2, -0.15) is 13.2 Å². The van der Waals surface area contributed by atoms with Gasteiger partial charge < -0.3 is 15.1 Å². The molecular formula is C20H26F5N5O. The van der Waals surface area contributed by atoms with Crippen LogP contribution < -0.4 is 10.2 Å². The van der Waals surface area contributed by atoms with Crippen LogP contribution in [-0.2, 0) is 11.0 Å². The molecule has 0 radical (unpaired) electrons. The molecule has 0 spiro atoms. The lowest BCUT2D eigenvalue weighted by Gasteiger charge is -2.40. The maximum absolute atomic E-state index is 13.5. The number of amides is 1. The Kier molecular flexibility index (Phi) is 5.84. The van der Waals surface area contributed by atoms with Crippen molar-refractivity contribution in [2.75, 3.05) is 50.7 Å². The number of hydrogen-bond donors (Lipinski definition) is 1. The predicted octanol–water partition coefficient (Wildman–Crippen LogP) is 2.07. The minimum Gasteiger partial charge on any atom is -0.354 e. The summed E-state index contributed by atoms with van der Waals surface area (Å²) < 4.78 is 66.9. The largest absolute Gasteiger partial charge is 0.419 e. The van der Waals surface area contributed by atoms with Gasteiger partial charge in [-0.25, -0.2) is 13.8 Å². The van der Waals surface area contributed by atoms with Crippen LogP contribution in [-0.4, -0.2) is 84.5 Å². The van der Waals surface area contributed by atoms with Gasteiger partial charge in [0.05, 0.1) is 18.2 Å². The zero-order valence-corrected chi connectivity index (χ0v) is 17.2. The number of nitrogens with one attached hydrogen (secondary N) is 1. The fourth-order valence-electron chi connectivity index (χ4n) is 4.87. The van der Waals surface area contributed by atoms with Crippen molar-refractivity contribution in [3.05, 3.63) is 23.9 Å². The molecule has 6 nitrogen and oxygen atoms in total. The first-order valence-electron chi connectivity index (χ1n) is 10.5. The molecule has 3 aliphatic rings. The molecule has 31 heavy (non-hydrogen) atoms. The van der Waals surface area contributed by atoms with E-state index >= 15 is 0 Å². The molecule has 0 aromatic carbocycles. The van der Waals surface area contributed by atoms with E-state index in [2.05, 4.69) is 15.2 Å². The van der Waals surface area contributed by atoms with Crippen LogP contribution in [0.1, 0.15) is 18.9 Å². The van der Waals surface area contributed by atoms with Crippen molar-refractivity contribution in [3.8, 4) is 0 Å². The number of nitrogens with zero attached hydrogens (tertiary/aromatic N) is 4. The number of aromatic nitrogens is 1. The van der Waals surface area contributed by atoms with Crippen LogP contribution in [0.4, 0.5) is 27.8 Å². The summed E-state index contributed by atoms with van der Waals surface area (Å²) in [5.41, 5.74) is -0.743. The van der Waals surface area contributed by atoms with Gasteiger partial charge in [-0.05, 0) is 18.1 Å². The van der Waals surface area contributed by atoms with Gasteiger partial charge >= 0.3 is 6.18 Å². The van der Waals surface area contributed by atoms with Crippen LogP contribution in [0.5, 0.6) is 0 Å². The minimum absolute atomic E-state index is 0.0185. The van der Waals surface area contributed by atoms with Gasteiger partial charge in [-0.1, -0.05) is 6.92 Å². The Labute approximate surface area is 177 Å². The van der Waals surface area contributed by atoms with E-state index in [1.54, 1.807) is 4.90 Å². The third-order valence-corrected chi connectivity index (χ3v) is 6.60. The summed E-state index contributed by atoms with van der Waals surface area (Å²) in [5, 5.41) is 3.18. The molecule has 3 atom stereocenters. The first-order chi connectivity index (χ1) is 14.6. The number of likely N-dealkylation sites (tertiary alicyclic amines) is 1. The summed E-state index contributed by atoms with van der Waals surface area (Å²) in [7, 11) is 0. The fourth-order valence-corrected chi connectivity index (χ4v) is 4.87. The van der Waals surface area contributed by atoms with E-state index in [9.17, 15) is 26.7 Å². The van der Waals surface area contributed by atoms with Crippen molar-refractivity contribution in [1.82, 2.24) is 20.1 Å². The Morgan fingerprint density at radius 1 is 1.19 bits per heavy atom. The molecule has 3 aliphatic heterocycles. The van der Waals surface area contributed by atoms with E-state index in [1.807, 2.05) is 6.92 Å². The van der Waals surface area contributed by atoms with Crippen LogP contribution in [0.15, 0.2) is 18.3 Å². The number of alkyl halides is 5. The number of rotatable bonds is 3. The molecule has 4 heterocycles. The van der Waals surface area contributed by atoms with Crippen LogP contribution in [0, 0.1) is 5.92 Å². The van der Waals surface area contributed by atoms with Gasteiger partial charge in [-0.3, -0.25) is 9.69 Å². The molecule has 1 amide bonds. The fraction of sp³-hybridized carbons (Fsp3) is 0.700. The van der Waals surface area contributed by atoms with E-state index in [0.717, 1.165) is 6.07 Å². The van der Waals surface area contributed by atoms with Gasteiger partial charge in [0, 0.05) is 57.9 Å². The van der Waals surface area contributed by atoms with Crippen LogP contribution in [0.25, 0.3) is 0 Å². The Balaban J connectivity index is 1.36. The predicted molar refractivity (Wildman–Crippen MR) is 104 cm³/mol. The molecule has 1 aromatic rings. The smallest absolute Gasteiger partial charge is 0.354 e. The topological polar surface area (TPSA) is 51.7 Å². The van der Waals surface area contributed by atoms with Gasteiger partial charge in [0.15, 0.2) is 0 Å². The highest BCUT2D eigenvalue weighted by molar-refractivity contribution is 5.83. The van der Waals surface area contributed by atoms with Crippen LogP contribution >= 0.6 is 0 Å². The Hall–Kier alpha value is -2.01. The maximum atomic E-state index is 13.5. The summed E-state index contributed by atoms with van der Waals surface area (Å²) in [5.74, 6) is -3.27. The normalized spacial score (nSPS) is 29.5. The summed E-state index contributed by atoms with van der Waals surface area (Å²) in [6, 6.07) is 1.81. The molecule has 3 saturated heterocycles. The molecule has 3 fully saturated rings. The van der Waals surface area contributed by atoms with Gasteiger partial charge in [0.1, 0.15) is 5.82 Å². The zero-order valence-electron chi connectivity index (χ0n) is 17.2. The third-order valence-electron chi connectivity index (χ3n) is 6.60. The second-order valence-corrected chi connectivity index (χ2v) is 8.57. The second-order valence-electron chi connectivity index (χ2n) is 8.57. The van der Waals surface area contributed by atoms with E-state index in [1.165, 1.54) is 17.2 Å². The molecule has 1 unspecified atom stereocenters. The van der Waals surface area contributed by atoms with Crippen LogP contribution in [0.2, 0.25) is 0 Å². The molecule has 0 aliphatic carbocycles.